The van der Waals surface area contributed by atoms with Gasteiger partial charge in [-0.3, -0.25) is 10.1 Å². The molecule has 0 aromatic rings. The molecule has 0 saturated carbocycles. The van der Waals surface area contributed by atoms with Crippen LogP contribution in [0.2, 0.25) is 0 Å². The number of carbonyl (C=O) groups is 1. The van der Waals surface area contributed by atoms with Crippen LogP contribution >= 0.6 is 0 Å². The van der Waals surface area contributed by atoms with Crippen LogP contribution < -0.4 is 5.32 Å². The Labute approximate surface area is 137 Å². The van der Waals surface area contributed by atoms with Crippen molar-refractivity contribution in [3.05, 3.63) is 0 Å². The number of nitrogens with zero attached hydrogens (tertiary/aromatic N) is 2. The van der Waals surface area contributed by atoms with Gasteiger partial charge >= 0.3 is 0 Å². The van der Waals surface area contributed by atoms with Crippen molar-refractivity contribution in [2.75, 3.05) is 0 Å². The van der Waals surface area contributed by atoms with Crippen molar-refractivity contribution in [3.8, 4) is 0 Å². The molecule has 0 aromatic heterocycles. The Balaban J connectivity index is 5.97. The number of hydrogen-bond acceptors (Lipinski definition) is 2. The Kier molecular flexibility index (Phi) is 5.91. The van der Waals surface area contributed by atoms with Crippen molar-refractivity contribution in [1.29, 1.82) is 0 Å². The van der Waals surface area contributed by atoms with Crippen LogP contribution in [-0.2, 0) is 4.79 Å². The summed E-state index contributed by atoms with van der Waals surface area (Å²) in [6.07, 6.45) is 0. The molecule has 0 saturated heterocycles. The Morgan fingerprint density at radius 1 is 0.773 bits per heavy atom. The average Bonchev–Trinajstić information content (AvgIpc) is 2.06. The van der Waals surface area contributed by atoms with E-state index in [4.69, 9.17) is 4.99 Å². The number of amides is 1. The van der Waals surface area contributed by atoms with Gasteiger partial charge in [-0.1, -0.05) is 20.8 Å². The van der Waals surface area contributed by atoms with Crippen molar-refractivity contribution in [2.24, 2.45) is 10.4 Å². The normalized spacial score (nSPS) is 14.8. The molecule has 0 rings (SSSR count). The van der Waals surface area contributed by atoms with E-state index in [1.165, 1.54) is 0 Å². The number of guanidine groups is 1. The van der Waals surface area contributed by atoms with Gasteiger partial charge in [-0.2, -0.15) is 0 Å². The fraction of sp³-hybridized carbons (Fsp3) is 0.889. The van der Waals surface area contributed by atoms with E-state index in [0.717, 1.165) is 0 Å². The zero-order valence-electron chi connectivity index (χ0n) is 16.8. The molecule has 22 heavy (non-hydrogen) atoms. The third-order valence-electron chi connectivity index (χ3n) is 2.90. The standard InChI is InChI=1S/C18H37N3O/c1-15(2,3)13(22)19-14(20-16(4,5)6)21(17(7,8)9)18(10,11)12/h1-12H3,(H,19,20,22). The van der Waals surface area contributed by atoms with Crippen molar-refractivity contribution in [3.63, 3.8) is 0 Å². The second-order valence-corrected chi connectivity index (χ2v) is 9.99. The SMILES string of the molecule is CC(C)(C)N=C(NC(=O)C(C)(C)C)N(C(C)(C)C)C(C)(C)C. The molecule has 0 spiro atoms. The molecule has 0 fully saturated rings. The lowest BCUT2D eigenvalue weighted by Gasteiger charge is -2.48. The Bertz CT molecular complexity index is 409. The van der Waals surface area contributed by atoms with Crippen molar-refractivity contribution in [2.45, 2.75) is 99.7 Å². The van der Waals surface area contributed by atoms with E-state index in [2.05, 4.69) is 51.8 Å². The first-order valence-electron chi connectivity index (χ1n) is 8.07. The highest BCUT2D eigenvalue weighted by Gasteiger charge is 2.37. The molecule has 1 N–H and O–H groups in total. The van der Waals surface area contributed by atoms with Crippen LogP contribution in [0.5, 0.6) is 0 Å². The summed E-state index contributed by atoms with van der Waals surface area (Å²) in [7, 11) is 0. The van der Waals surface area contributed by atoms with Gasteiger partial charge in [-0.25, -0.2) is 4.99 Å². The number of hydrogen-bond donors (Lipinski definition) is 1. The van der Waals surface area contributed by atoms with Gasteiger partial charge in [-0.15, -0.1) is 0 Å². The van der Waals surface area contributed by atoms with Gasteiger partial charge in [0.25, 0.3) is 0 Å². The van der Waals surface area contributed by atoms with Crippen molar-refractivity contribution in [1.82, 2.24) is 10.2 Å². The summed E-state index contributed by atoms with van der Waals surface area (Å²) < 4.78 is 0. The first-order chi connectivity index (χ1) is 9.36. The maximum Gasteiger partial charge on any atom is 0.232 e. The summed E-state index contributed by atoms with van der Waals surface area (Å²) in [5.41, 5.74) is -1.05. The van der Waals surface area contributed by atoms with E-state index in [0.29, 0.717) is 5.96 Å². The molecule has 0 aliphatic heterocycles. The Morgan fingerprint density at radius 2 is 1.14 bits per heavy atom. The Morgan fingerprint density at radius 3 is 1.36 bits per heavy atom. The van der Waals surface area contributed by atoms with E-state index in [1.54, 1.807) is 0 Å². The van der Waals surface area contributed by atoms with Gasteiger partial charge in [0.1, 0.15) is 0 Å². The molecule has 0 atom stereocenters. The molecular formula is C18H37N3O. The highest BCUT2D eigenvalue weighted by Crippen LogP contribution is 2.26. The van der Waals surface area contributed by atoms with Gasteiger partial charge in [0.05, 0.1) is 5.54 Å². The molecule has 0 aliphatic carbocycles. The quantitative estimate of drug-likeness (QED) is 0.538. The lowest BCUT2D eigenvalue weighted by Crippen LogP contribution is -2.61. The lowest BCUT2D eigenvalue weighted by atomic mass is 9.94. The van der Waals surface area contributed by atoms with Crippen molar-refractivity contribution >= 4 is 11.9 Å². The van der Waals surface area contributed by atoms with Gasteiger partial charge in [0.2, 0.25) is 11.9 Å². The first-order valence-corrected chi connectivity index (χ1v) is 8.07. The average molecular weight is 312 g/mol. The monoisotopic (exact) mass is 311 g/mol. The predicted molar refractivity (Wildman–Crippen MR) is 96.1 cm³/mol. The fourth-order valence-corrected chi connectivity index (χ4v) is 2.38. The number of rotatable bonds is 0. The number of carbonyl (C=O) groups excluding carboxylic acids is 1. The maximum absolute atomic E-state index is 12.5. The summed E-state index contributed by atoms with van der Waals surface area (Å²) in [6.45, 7) is 24.7. The summed E-state index contributed by atoms with van der Waals surface area (Å²) in [5, 5.41) is 3.06. The molecule has 0 aliphatic rings. The molecule has 0 radical (unpaired) electrons. The lowest BCUT2D eigenvalue weighted by molar-refractivity contribution is -0.127. The van der Waals surface area contributed by atoms with E-state index < -0.39 is 5.41 Å². The minimum absolute atomic E-state index is 0.0194. The predicted octanol–water partition coefficient (Wildman–Crippen LogP) is 4.20. The zero-order valence-corrected chi connectivity index (χ0v) is 16.8. The van der Waals surface area contributed by atoms with Gasteiger partial charge < -0.3 is 4.90 Å². The van der Waals surface area contributed by atoms with Gasteiger partial charge in [-0.05, 0) is 62.3 Å². The summed E-state index contributed by atoms with van der Waals surface area (Å²) in [5.74, 6) is 0.626. The molecule has 0 heterocycles. The van der Waals surface area contributed by atoms with Crippen LogP contribution in [0.1, 0.15) is 83.1 Å². The van der Waals surface area contributed by atoms with E-state index >= 15 is 0 Å². The zero-order chi connectivity index (χ0) is 18.1. The van der Waals surface area contributed by atoms with E-state index in [1.807, 2.05) is 41.5 Å². The first kappa shape index (κ1) is 20.9. The summed E-state index contributed by atoms with van der Waals surface area (Å²) in [6, 6.07) is 0. The molecule has 4 nitrogen and oxygen atoms in total. The largest absolute Gasteiger partial charge is 0.333 e. The Hall–Kier alpha value is -1.06. The van der Waals surface area contributed by atoms with Crippen LogP contribution in [0.4, 0.5) is 0 Å². The third-order valence-corrected chi connectivity index (χ3v) is 2.90. The van der Waals surface area contributed by atoms with Crippen LogP contribution in [0.3, 0.4) is 0 Å². The smallest absolute Gasteiger partial charge is 0.232 e. The molecule has 0 bridgehead atoms. The van der Waals surface area contributed by atoms with E-state index in [-0.39, 0.29) is 22.5 Å². The maximum atomic E-state index is 12.5. The molecule has 0 aromatic carbocycles. The van der Waals surface area contributed by atoms with Crippen LogP contribution in [0.25, 0.3) is 0 Å². The second-order valence-electron chi connectivity index (χ2n) is 9.99. The highest BCUT2D eigenvalue weighted by molar-refractivity contribution is 5.99. The van der Waals surface area contributed by atoms with Crippen LogP contribution in [-0.4, -0.2) is 33.4 Å². The topological polar surface area (TPSA) is 44.7 Å². The molecule has 130 valence electrons. The number of aliphatic imine (C=N–C) groups is 1. The van der Waals surface area contributed by atoms with E-state index in [9.17, 15) is 4.79 Å². The minimum Gasteiger partial charge on any atom is -0.333 e. The van der Waals surface area contributed by atoms with Crippen LogP contribution in [0.15, 0.2) is 4.99 Å². The number of nitrogens with one attached hydrogen (secondary N) is 1. The van der Waals surface area contributed by atoms with Gasteiger partial charge in [0, 0.05) is 16.5 Å². The second kappa shape index (κ2) is 6.21. The highest BCUT2D eigenvalue weighted by atomic mass is 16.2. The molecular weight excluding hydrogens is 274 g/mol. The summed E-state index contributed by atoms with van der Waals surface area (Å²) in [4.78, 5) is 19.5. The molecule has 1 amide bonds. The minimum atomic E-state index is -0.458. The summed E-state index contributed by atoms with van der Waals surface area (Å²) >= 11 is 0. The van der Waals surface area contributed by atoms with Crippen molar-refractivity contribution < 1.29 is 4.79 Å². The molecule has 4 heteroatoms. The third kappa shape index (κ3) is 6.80. The fourth-order valence-electron chi connectivity index (χ4n) is 2.38. The molecule has 0 unspecified atom stereocenters. The van der Waals surface area contributed by atoms with Gasteiger partial charge in [0.15, 0.2) is 0 Å². The van der Waals surface area contributed by atoms with Crippen LogP contribution in [0, 0.1) is 5.41 Å².